The summed E-state index contributed by atoms with van der Waals surface area (Å²) >= 11 is 6.12. The van der Waals surface area contributed by atoms with Gasteiger partial charge in [-0.2, -0.15) is 5.10 Å². The molecule has 5 nitrogen and oxygen atoms in total. The van der Waals surface area contributed by atoms with E-state index in [1.165, 1.54) is 0 Å². The number of hydrogen-bond donors (Lipinski definition) is 1. The molecule has 0 unspecified atom stereocenters. The molecule has 1 saturated carbocycles. The van der Waals surface area contributed by atoms with Crippen LogP contribution in [-0.2, 0) is 11.2 Å². The first kappa shape index (κ1) is 16.0. The van der Waals surface area contributed by atoms with Crippen LogP contribution >= 0.6 is 11.6 Å². The van der Waals surface area contributed by atoms with E-state index in [4.69, 9.17) is 11.6 Å². The molecule has 0 saturated heterocycles. The molecule has 23 heavy (non-hydrogen) atoms. The van der Waals surface area contributed by atoms with Crippen molar-refractivity contribution in [2.24, 2.45) is 0 Å². The van der Waals surface area contributed by atoms with Crippen LogP contribution in [-0.4, -0.2) is 26.7 Å². The molecule has 1 aliphatic rings. The summed E-state index contributed by atoms with van der Waals surface area (Å²) in [5.41, 5.74) is 1.03. The molecule has 0 aliphatic heterocycles. The molecule has 1 aromatic carbocycles. The average Bonchev–Trinajstić information content (AvgIpc) is 3.09. The number of rotatable bonds is 5. The summed E-state index contributed by atoms with van der Waals surface area (Å²) in [7, 11) is 0. The van der Waals surface area contributed by atoms with Crippen molar-refractivity contribution < 1.29 is 4.79 Å². The number of amides is 1. The fourth-order valence-electron chi connectivity index (χ4n) is 3.14. The van der Waals surface area contributed by atoms with E-state index in [1.54, 1.807) is 12.7 Å². The standard InChI is InChI=1S/C17H21ClN4O/c18-16-4-2-1-3-13(16)5-10-17(23)21-14-6-8-15(9-7-14)22-12-19-11-20-22/h1-4,11-12,14-15H,5-10H2,(H,21,23). The van der Waals surface area contributed by atoms with Crippen LogP contribution in [0.3, 0.4) is 0 Å². The van der Waals surface area contributed by atoms with Gasteiger partial charge in [-0.3, -0.25) is 4.79 Å². The van der Waals surface area contributed by atoms with E-state index in [0.717, 1.165) is 36.3 Å². The molecular weight excluding hydrogens is 312 g/mol. The molecule has 1 heterocycles. The first-order chi connectivity index (χ1) is 11.2. The van der Waals surface area contributed by atoms with Gasteiger partial charge in [0.2, 0.25) is 5.91 Å². The second kappa shape index (κ2) is 7.59. The Labute approximate surface area is 141 Å². The molecular formula is C17H21ClN4O. The number of halogens is 1. The van der Waals surface area contributed by atoms with Gasteiger partial charge in [0.15, 0.2) is 0 Å². The minimum absolute atomic E-state index is 0.106. The van der Waals surface area contributed by atoms with Gasteiger partial charge in [0.05, 0.1) is 6.04 Å². The Hall–Kier alpha value is -1.88. The molecule has 122 valence electrons. The quantitative estimate of drug-likeness (QED) is 0.914. The zero-order chi connectivity index (χ0) is 16.1. The van der Waals surface area contributed by atoms with Gasteiger partial charge < -0.3 is 5.32 Å². The van der Waals surface area contributed by atoms with Crippen molar-refractivity contribution in [3.8, 4) is 0 Å². The molecule has 1 amide bonds. The Morgan fingerprint density at radius 3 is 2.74 bits per heavy atom. The molecule has 2 aromatic rings. The summed E-state index contributed by atoms with van der Waals surface area (Å²) < 4.78 is 1.93. The van der Waals surface area contributed by atoms with Crippen LogP contribution < -0.4 is 5.32 Å². The predicted octanol–water partition coefficient (Wildman–Crippen LogP) is 3.16. The SMILES string of the molecule is O=C(CCc1ccccc1Cl)NC1CCC(n2cncn2)CC1. The highest BCUT2D eigenvalue weighted by molar-refractivity contribution is 6.31. The van der Waals surface area contributed by atoms with Crippen molar-refractivity contribution in [3.05, 3.63) is 47.5 Å². The maximum absolute atomic E-state index is 12.1. The molecule has 3 rings (SSSR count). The molecule has 0 bridgehead atoms. The lowest BCUT2D eigenvalue weighted by atomic mass is 9.91. The normalized spacial score (nSPS) is 21.1. The lowest BCUT2D eigenvalue weighted by Crippen LogP contribution is -2.38. The summed E-state index contributed by atoms with van der Waals surface area (Å²) in [4.78, 5) is 16.1. The van der Waals surface area contributed by atoms with Gasteiger partial charge in [0.1, 0.15) is 12.7 Å². The molecule has 1 N–H and O–H groups in total. The van der Waals surface area contributed by atoms with Crippen LogP contribution in [0.1, 0.15) is 43.7 Å². The number of nitrogens with one attached hydrogen (secondary N) is 1. The Balaban J connectivity index is 1.42. The fraction of sp³-hybridized carbons (Fsp3) is 0.471. The van der Waals surface area contributed by atoms with Crippen LogP contribution in [0.4, 0.5) is 0 Å². The molecule has 1 aromatic heterocycles. The Morgan fingerprint density at radius 1 is 1.26 bits per heavy atom. The smallest absolute Gasteiger partial charge is 0.220 e. The van der Waals surface area contributed by atoms with Crippen molar-refractivity contribution in [2.75, 3.05) is 0 Å². The predicted molar refractivity (Wildman–Crippen MR) is 89.2 cm³/mol. The lowest BCUT2D eigenvalue weighted by Gasteiger charge is -2.29. The van der Waals surface area contributed by atoms with Crippen molar-refractivity contribution in [2.45, 2.75) is 50.6 Å². The van der Waals surface area contributed by atoms with E-state index in [-0.39, 0.29) is 11.9 Å². The second-order valence-electron chi connectivity index (χ2n) is 6.04. The number of hydrogen-bond acceptors (Lipinski definition) is 3. The summed E-state index contributed by atoms with van der Waals surface area (Å²) in [6.45, 7) is 0. The number of aryl methyl sites for hydroxylation is 1. The zero-order valence-corrected chi connectivity index (χ0v) is 13.7. The molecule has 1 aliphatic carbocycles. The topological polar surface area (TPSA) is 59.8 Å². The first-order valence-corrected chi connectivity index (χ1v) is 8.47. The van der Waals surface area contributed by atoms with E-state index in [1.807, 2.05) is 28.9 Å². The number of carbonyl (C=O) groups is 1. The molecule has 6 heteroatoms. The highest BCUT2D eigenvalue weighted by atomic mass is 35.5. The third-order valence-corrected chi connectivity index (χ3v) is 4.82. The van der Waals surface area contributed by atoms with Gasteiger partial charge in [-0.25, -0.2) is 9.67 Å². The van der Waals surface area contributed by atoms with Crippen molar-refractivity contribution in [1.82, 2.24) is 20.1 Å². The maximum atomic E-state index is 12.1. The van der Waals surface area contributed by atoms with Crippen LogP contribution in [0, 0.1) is 0 Å². The Morgan fingerprint density at radius 2 is 2.04 bits per heavy atom. The first-order valence-electron chi connectivity index (χ1n) is 8.09. The summed E-state index contributed by atoms with van der Waals surface area (Å²) in [6.07, 6.45) is 8.53. The van der Waals surface area contributed by atoms with E-state index < -0.39 is 0 Å². The fourth-order valence-corrected chi connectivity index (χ4v) is 3.37. The molecule has 0 radical (unpaired) electrons. The van der Waals surface area contributed by atoms with E-state index in [9.17, 15) is 4.79 Å². The number of aromatic nitrogens is 3. The molecule has 0 spiro atoms. The zero-order valence-electron chi connectivity index (χ0n) is 13.0. The summed E-state index contributed by atoms with van der Waals surface area (Å²) in [6, 6.07) is 8.37. The third-order valence-electron chi connectivity index (χ3n) is 4.45. The average molecular weight is 333 g/mol. The van der Waals surface area contributed by atoms with Gasteiger partial charge in [0.25, 0.3) is 0 Å². The van der Waals surface area contributed by atoms with Gasteiger partial charge in [-0.1, -0.05) is 29.8 Å². The van der Waals surface area contributed by atoms with Crippen LogP contribution in [0.5, 0.6) is 0 Å². The highest BCUT2D eigenvalue weighted by Gasteiger charge is 2.23. The van der Waals surface area contributed by atoms with Gasteiger partial charge in [0, 0.05) is 17.5 Å². The van der Waals surface area contributed by atoms with Gasteiger partial charge >= 0.3 is 0 Å². The monoisotopic (exact) mass is 332 g/mol. The van der Waals surface area contributed by atoms with Crippen LogP contribution in [0.15, 0.2) is 36.9 Å². The maximum Gasteiger partial charge on any atom is 0.220 e. The summed E-state index contributed by atoms with van der Waals surface area (Å²) in [5.74, 6) is 0.106. The molecule has 0 atom stereocenters. The number of carbonyl (C=O) groups excluding carboxylic acids is 1. The second-order valence-corrected chi connectivity index (χ2v) is 6.45. The largest absolute Gasteiger partial charge is 0.353 e. The van der Waals surface area contributed by atoms with Gasteiger partial charge in [-0.15, -0.1) is 0 Å². The lowest BCUT2D eigenvalue weighted by molar-refractivity contribution is -0.122. The number of nitrogens with zero attached hydrogens (tertiary/aromatic N) is 3. The van der Waals surface area contributed by atoms with E-state index >= 15 is 0 Å². The van der Waals surface area contributed by atoms with Gasteiger partial charge in [-0.05, 0) is 43.7 Å². The highest BCUT2D eigenvalue weighted by Crippen LogP contribution is 2.27. The van der Waals surface area contributed by atoms with E-state index in [0.29, 0.717) is 18.9 Å². The Bertz CT molecular complexity index is 636. The Kier molecular flexibility index (Phi) is 5.28. The minimum atomic E-state index is 0.106. The summed E-state index contributed by atoms with van der Waals surface area (Å²) in [5, 5.41) is 8.08. The van der Waals surface area contributed by atoms with Crippen molar-refractivity contribution in [3.63, 3.8) is 0 Å². The van der Waals surface area contributed by atoms with Crippen LogP contribution in [0.25, 0.3) is 0 Å². The van der Waals surface area contributed by atoms with Crippen molar-refractivity contribution >= 4 is 17.5 Å². The van der Waals surface area contributed by atoms with Crippen molar-refractivity contribution in [1.29, 1.82) is 0 Å². The minimum Gasteiger partial charge on any atom is -0.353 e. The van der Waals surface area contributed by atoms with Crippen LogP contribution in [0.2, 0.25) is 5.02 Å². The number of benzene rings is 1. The molecule has 1 fully saturated rings. The van der Waals surface area contributed by atoms with E-state index in [2.05, 4.69) is 15.4 Å². The third kappa shape index (κ3) is 4.32.